The van der Waals surface area contributed by atoms with Crippen LogP contribution in [-0.4, -0.2) is 36.1 Å². The number of nitrogens with one attached hydrogen (secondary N) is 2. The molecule has 0 saturated heterocycles. The van der Waals surface area contributed by atoms with Crippen LogP contribution in [0.4, 0.5) is 0 Å². The molecular formula is C26H28N4. The Balaban J connectivity index is 1.42. The summed E-state index contributed by atoms with van der Waals surface area (Å²) < 4.78 is 0. The SMILES string of the molecule is c1cc2nc(c1)CNCCN(Cc1c3ccccc3cc3ccccc13)CCNC2. The Labute approximate surface area is 177 Å². The molecule has 0 fully saturated rings. The summed E-state index contributed by atoms with van der Waals surface area (Å²) >= 11 is 0. The molecular weight excluding hydrogens is 368 g/mol. The maximum absolute atomic E-state index is 4.72. The molecule has 30 heavy (non-hydrogen) atoms. The largest absolute Gasteiger partial charge is 0.310 e. The van der Waals surface area contributed by atoms with Gasteiger partial charge in [0.1, 0.15) is 0 Å². The van der Waals surface area contributed by atoms with Crippen molar-refractivity contribution in [1.82, 2.24) is 20.5 Å². The second-order valence-corrected chi connectivity index (χ2v) is 8.05. The molecule has 0 atom stereocenters. The number of hydrogen-bond acceptors (Lipinski definition) is 4. The van der Waals surface area contributed by atoms with Crippen LogP contribution in [0.5, 0.6) is 0 Å². The van der Waals surface area contributed by atoms with E-state index in [4.69, 9.17) is 4.98 Å². The zero-order valence-corrected chi connectivity index (χ0v) is 17.3. The highest BCUT2D eigenvalue weighted by Crippen LogP contribution is 2.29. The Kier molecular flexibility index (Phi) is 5.71. The smallest absolute Gasteiger partial charge is 0.0545 e. The van der Waals surface area contributed by atoms with Crippen LogP contribution >= 0.6 is 0 Å². The summed E-state index contributed by atoms with van der Waals surface area (Å²) in [5.41, 5.74) is 3.66. The average Bonchev–Trinajstić information content (AvgIpc) is 2.78. The predicted octanol–water partition coefficient (Wildman–Crippen LogP) is 4.08. The Hall–Kier alpha value is -2.79. The molecule has 1 aliphatic rings. The van der Waals surface area contributed by atoms with Crippen LogP contribution in [0.2, 0.25) is 0 Å². The summed E-state index contributed by atoms with van der Waals surface area (Å²) in [6.07, 6.45) is 0. The van der Waals surface area contributed by atoms with Crippen molar-refractivity contribution in [2.24, 2.45) is 0 Å². The van der Waals surface area contributed by atoms with Gasteiger partial charge in [-0.2, -0.15) is 0 Å². The van der Waals surface area contributed by atoms with Gasteiger partial charge in [-0.05, 0) is 45.3 Å². The normalized spacial score (nSPS) is 16.3. The Bertz CT molecular complexity index is 1070. The summed E-state index contributed by atoms with van der Waals surface area (Å²) in [4.78, 5) is 7.29. The number of benzene rings is 3. The molecule has 152 valence electrons. The van der Waals surface area contributed by atoms with Crippen molar-refractivity contribution in [3.05, 3.63) is 89.7 Å². The van der Waals surface area contributed by atoms with Gasteiger partial charge in [0.15, 0.2) is 0 Å². The molecule has 0 unspecified atom stereocenters. The molecule has 2 heterocycles. The first-order chi connectivity index (χ1) is 14.9. The summed E-state index contributed by atoms with van der Waals surface area (Å²) in [7, 11) is 0. The lowest BCUT2D eigenvalue weighted by molar-refractivity contribution is 0.265. The molecule has 3 aromatic carbocycles. The number of hydrogen-bond donors (Lipinski definition) is 2. The molecule has 4 aromatic rings. The molecule has 5 rings (SSSR count). The number of nitrogens with zero attached hydrogens (tertiary/aromatic N) is 2. The predicted molar refractivity (Wildman–Crippen MR) is 124 cm³/mol. The van der Waals surface area contributed by atoms with Gasteiger partial charge in [0.25, 0.3) is 0 Å². The molecule has 1 aliphatic heterocycles. The fourth-order valence-electron chi connectivity index (χ4n) is 4.41. The van der Waals surface area contributed by atoms with E-state index in [1.807, 2.05) is 0 Å². The lowest BCUT2D eigenvalue weighted by atomic mass is 9.96. The highest BCUT2D eigenvalue weighted by atomic mass is 15.2. The molecule has 0 spiro atoms. The Morgan fingerprint density at radius 2 is 1.27 bits per heavy atom. The maximum atomic E-state index is 4.72. The van der Waals surface area contributed by atoms with E-state index >= 15 is 0 Å². The van der Waals surface area contributed by atoms with E-state index in [1.54, 1.807) is 0 Å². The van der Waals surface area contributed by atoms with Gasteiger partial charge in [-0.25, -0.2) is 0 Å². The summed E-state index contributed by atoms with van der Waals surface area (Å²) in [5.74, 6) is 0. The number of pyridine rings is 1. The van der Waals surface area contributed by atoms with Crippen molar-refractivity contribution in [2.75, 3.05) is 26.2 Å². The molecule has 2 bridgehead atoms. The van der Waals surface area contributed by atoms with E-state index in [-0.39, 0.29) is 0 Å². The summed E-state index contributed by atoms with van der Waals surface area (Å²) in [6, 6.07) is 26.2. The first-order valence-corrected chi connectivity index (χ1v) is 10.8. The number of aromatic nitrogens is 1. The van der Waals surface area contributed by atoms with Crippen LogP contribution in [0, 0.1) is 0 Å². The van der Waals surface area contributed by atoms with Crippen molar-refractivity contribution >= 4 is 21.5 Å². The highest BCUT2D eigenvalue weighted by molar-refractivity contribution is 6.02. The minimum atomic E-state index is 0.818. The third kappa shape index (κ3) is 4.21. The summed E-state index contributed by atoms with van der Waals surface area (Å²) in [6.45, 7) is 6.52. The first kappa shape index (κ1) is 19.2. The maximum Gasteiger partial charge on any atom is 0.0545 e. The van der Waals surface area contributed by atoms with Gasteiger partial charge < -0.3 is 10.6 Å². The quantitative estimate of drug-likeness (QED) is 0.501. The van der Waals surface area contributed by atoms with Gasteiger partial charge >= 0.3 is 0 Å². The minimum absolute atomic E-state index is 0.818. The number of rotatable bonds is 2. The molecule has 4 heteroatoms. The van der Waals surface area contributed by atoms with Gasteiger partial charge in [0, 0.05) is 45.8 Å². The topological polar surface area (TPSA) is 40.2 Å². The van der Waals surface area contributed by atoms with E-state index < -0.39 is 0 Å². The molecule has 2 N–H and O–H groups in total. The van der Waals surface area contributed by atoms with Crippen LogP contribution in [0.25, 0.3) is 21.5 Å². The van der Waals surface area contributed by atoms with Crippen molar-refractivity contribution in [1.29, 1.82) is 0 Å². The lowest BCUT2D eigenvalue weighted by Gasteiger charge is -2.25. The van der Waals surface area contributed by atoms with E-state index in [0.717, 1.165) is 57.2 Å². The molecule has 1 aromatic heterocycles. The van der Waals surface area contributed by atoms with Gasteiger partial charge in [-0.3, -0.25) is 9.88 Å². The van der Waals surface area contributed by atoms with Crippen LogP contribution in [-0.2, 0) is 19.6 Å². The van der Waals surface area contributed by atoms with Crippen LogP contribution < -0.4 is 10.6 Å². The minimum Gasteiger partial charge on any atom is -0.310 e. The van der Waals surface area contributed by atoms with E-state index in [9.17, 15) is 0 Å². The third-order valence-corrected chi connectivity index (χ3v) is 5.95. The van der Waals surface area contributed by atoms with E-state index in [0.29, 0.717) is 0 Å². The highest BCUT2D eigenvalue weighted by Gasteiger charge is 2.13. The molecule has 0 aliphatic carbocycles. The van der Waals surface area contributed by atoms with E-state index in [1.165, 1.54) is 27.1 Å². The zero-order chi connectivity index (χ0) is 20.2. The standard InChI is InChI=1S/C26H28N4/c1-3-10-24-20(6-1)16-21-7-2-4-11-25(21)26(24)19-30-14-12-27-17-22-8-5-9-23(29-22)18-28-13-15-30/h1-11,16,27-28H,12-15,17-19H2. The van der Waals surface area contributed by atoms with Gasteiger partial charge in [0.05, 0.1) is 11.4 Å². The zero-order valence-electron chi connectivity index (χ0n) is 17.3. The van der Waals surface area contributed by atoms with Crippen molar-refractivity contribution < 1.29 is 0 Å². The fourth-order valence-corrected chi connectivity index (χ4v) is 4.41. The molecule has 0 amide bonds. The van der Waals surface area contributed by atoms with Crippen molar-refractivity contribution in [3.63, 3.8) is 0 Å². The van der Waals surface area contributed by atoms with Gasteiger partial charge in [-0.15, -0.1) is 0 Å². The Morgan fingerprint density at radius 3 is 1.87 bits per heavy atom. The molecule has 0 saturated carbocycles. The first-order valence-electron chi connectivity index (χ1n) is 10.8. The second-order valence-electron chi connectivity index (χ2n) is 8.05. The van der Waals surface area contributed by atoms with E-state index in [2.05, 4.69) is 88.3 Å². The third-order valence-electron chi connectivity index (χ3n) is 5.95. The monoisotopic (exact) mass is 396 g/mol. The molecule has 0 radical (unpaired) electrons. The van der Waals surface area contributed by atoms with Gasteiger partial charge in [0.2, 0.25) is 0 Å². The van der Waals surface area contributed by atoms with Crippen molar-refractivity contribution in [2.45, 2.75) is 19.6 Å². The second kappa shape index (κ2) is 8.92. The number of fused-ring (bicyclic) bond motifs is 4. The van der Waals surface area contributed by atoms with Crippen LogP contribution in [0.15, 0.2) is 72.8 Å². The average molecular weight is 397 g/mol. The fraction of sp³-hybridized carbons (Fsp3) is 0.269. The lowest BCUT2D eigenvalue weighted by Crippen LogP contribution is -2.37. The Morgan fingerprint density at radius 1 is 0.700 bits per heavy atom. The molecule has 4 nitrogen and oxygen atoms in total. The van der Waals surface area contributed by atoms with Crippen LogP contribution in [0.3, 0.4) is 0 Å². The summed E-state index contributed by atoms with van der Waals surface area (Å²) in [5, 5.41) is 12.5. The van der Waals surface area contributed by atoms with Gasteiger partial charge in [-0.1, -0.05) is 54.6 Å². The van der Waals surface area contributed by atoms with Crippen molar-refractivity contribution in [3.8, 4) is 0 Å². The van der Waals surface area contributed by atoms with Crippen LogP contribution in [0.1, 0.15) is 17.0 Å².